The Morgan fingerprint density at radius 1 is 1.25 bits per heavy atom. The molecule has 0 saturated heterocycles. The van der Waals surface area contributed by atoms with E-state index in [2.05, 4.69) is 82.7 Å². The van der Waals surface area contributed by atoms with E-state index in [0.29, 0.717) is 0 Å². The Labute approximate surface area is 183 Å². The lowest BCUT2D eigenvalue weighted by Crippen LogP contribution is -2.32. The highest BCUT2D eigenvalue weighted by molar-refractivity contribution is 9.11. The van der Waals surface area contributed by atoms with Crippen LogP contribution in [-0.2, 0) is 0 Å². The summed E-state index contributed by atoms with van der Waals surface area (Å²) < 4.78 is 14.1. The first-order valence-corrected chi connectivity index (χ1v) is 10.8. The van der Waals surface area contributed by atoms with Gasteiger partial charge >= 0.3 is 0 Å². The minimum Gasteiger partial charge on any atom is -0.495 e. The number of benzene rings is 2. The summed E-state index contributed by atoms with van der Waals surface area (Å²) in [5, 5.41) is 3.65. The zero-order valence-electron chi connectivity index (χ0n) is 16.5. The van der Waals surface area contributed by atoms with Gasteiger partial charge in [-0.3, -0.25) is 0 Å². The molecular formula is C23H23Br2NO2. The van der Waals surface area contributed by atoms with Crippen molar-refractivity contribution in [2.45, 2.75) is 38.8 Å². The molecule has 2 heterocycles. The number of hydrogen-bond donors (Lipinski definition) is 1. The van der Waals surface area contributed by atoms with Gasteiger partial charge in [0.15, 0.2) is 0 Å². The van der Waals surface area contributed by atoms with E-state index in [9.17, 15) is 0 Å². The summed E-state index contributed by atoms with van der Waals surface area (Å²) in [7, 11) is 1.69. The lowest BCUT2D eigenvalue weighted by molar-refractivity contribution is 0.203. The van der Waals surface area contributed by atoms with Crippen LogP contribution in [0, 0.1) is 0 Å². The summed E-state index contributed by atoms with van der Waals surface area (Å²) in [6.07, 6.45) is 4.82. The molecule has 0 fully saturated rings. The Hall–Kier alpha value is -1.72. The predicted molar refractivity (Wildman–Crippen MR) is 123 cm³/mol. The number of anilines is 1. The van der Waals surface area contributed by atoms with Gasteiger partial charge < -0.3 is 14.8 Å². The van der Waals surface area contributed by atoms with E-state index in [1.54, 1.807) is 7.11 Å². The van der Waals surface area contributed by atoms with Gasteiger partial charge in [0.05, 0.1) is 27.2 Å². The number of fused-ring (bicyclic) bond motifs is 5. The first-order chi connectivity index (χ1) is 13.3. The fourth-order valence-electron chi connectivity index (χ4n) is 4.36. The number of rotatable bonds is 3. The van der Waals surface area contributed by atoms with Gasteiger partial charge in [0.2, 0.25) is 0 Å². The van der Waals surface area contributed by atoms with E-state index >= 15 is 0 Å². The summed E-state index contributed by atoms with van der Waals surface area (Å²) in [4.78, 5) is 0. The highest BCUT2D eigenvalue weighted by Crippen LogP contribution is 2.56. The molecule has 0 bridgehead atoms. The second kappa shape index (κ2) is 6.96. The molecule has 3 nitrogen and oxygen atoms in total. The first kappa shape index (κ1) is 19.6. The number of ether oxygens (including phenoxy) is 2. The van der Waals surface area contributed by atoms with Gasteiger partial charge in [-0.05, 0) is 75.9 Å². The first-order valence-electron chi connectivity index (χ1n) is 9.26. The molecule has 28 heavy (non-hydrogen) atoms. The third-order valence-corrected chi connectivity index (χ3v) is 6.43. The van der Waals surface area contributed by atoms with Gasteiger partial charge in [0.25, 0.3) is 0 Å². The minimum atomic E-state index is -0.108. The monoisotopic (exact) mass is 503 g/mol. The molecule has 2 aromatic carbocycles. The topological polar surface area (TPSA) is 30.5 Å². The van der Waals surface area contributed by atoms with Crippen LogP contribution in [0.25, 0.3) is 16.7 Å². The Kier molecular flexibility index (Phi) is 4.87. The van der Waals surface area contributed by atoms with Crippen molar-refractivity contribution in [1.29, 1.82) is 0 Å². The van der Waals surface area contributed by atoms with Crippen molar-refractivity contribution in [2.24, 2.45) is 0 Å². The van der Waals surface area contributed by atoms with Crippen LogP contribution in [-0.4, -0.2) is 12.6 Å². The number of allylic oxidation sites excluding steroid dienone is 1. The van der Waals surface area contributed by atoms with Crippen LogP contribution in [0.2, 0.25) is 0 Å². The smallest absolute Gasteiger partial charge is 0.146 e. The quantitative estimate of drug-likeness (QED) is 0.439. The van der Waals surface area contributed by atoms with E-state index in [-0.39, 0.29) is 11.6 Å². The largest absolute Gasteiger partial charge is 0.495 e. The van der Waals surface area contributed by atoms with Crippen LogP contribution < -0.4 is 14.8 Å². The molecule has 1 N–H and O–H groups in total. The SMILES string of the molecule is C=CCC1Oc2c(Br)cc(Br)c(OC)c2-c2ccc3c(c21)C(C)=CC(C)(C)N3. The zero-order chi connectivity index (χ0) is 20.2. The molecule has 5 heteroatoms. The second-order valence-electron chi connectivity index (χ2n) is 7.83. The Morgan fingerprint density at radius 3 is 2.68 bits per heavy atom. The molecule has 0 saturated carbocycles. The van der Waals surface area contributed by atoms with E-state index < -0.39 is 0 Å². The van der Waals surface area contributed by atoms with E-state index in [1.807, 2.05) is 12.1 Å². The van der Waals surface area contributed by atoms with Crippen molar-refractivity contribution >= 4 is 43.1 Å². The molecule has 0 aromatic heterocycles. The van der Waals surface area contributed by atoms with Crippen LogP contribution in [0.5, 0.6) is 11.5 Å². The third-order valence-electron chi connectivity index (χ3n) is 5.25. The van der Waals surface area contributed by atoms with Crippen molar-refractivity contribution in [1.82, 2.24) is 0 Å². The fraction of sp³-hybridized carbons (Fsp3) is 0.304. The van der Waals surface area contributed by atoms with Gasteiger partial charge in [-0.1, -0.05) is 18.2 Å². The number of nitrogens with one attached hydrogen (secondary N) is 1. The van der Waals surface area contributed by atoms with E-state index in [1.165, 1.54) is 16.7 Å². The molecule has 0 spiro atoms. The van der Waals surface area contributed by atoms with Crippen LogP contribution in [0.1, 0.15) is 44.4 Å². The highest BCUT2D eigenvalue weighted by atomic mass is 79.9. The van der Waals surface area contributed by atoms with Gasteiger partial charge in [-0.25, -0.2) is 0 Å². The zero-order valence-corrected chi connectivity index (χ0v) is 19.6. The lowest BCUT2D eigenvalue weighted by Gasteiger charge is -2.37. The summed E-state index contributed by atoms with van der Waals surface area (Å²) in [5.74, 6) is 1.59. The Bertz CT molecular complexity index is 1020. The molecule has 2 aliphatic rings. The minimum absolute atomic E-state index is 0.0869. The molecule has 2 aliphatic heterocycles. The van der Waals surface area contributed by atoms with Crippen molar-refractivity contribution < 1.29 is 9.47 Å². The van der Waals surface area contributed by atoms with Gasteiger partial charge in [0.1, 0.15) is 17.6 Å². The third kappa shape index (κ3) is 3.00. The maximum absolute atomic E-state index is 6.52. The van der Waals surface area contributed by atoms with Crippen LogP contribution in [0.15, 0.2) is 45.9 Å². The van der Waals surface area contributed by atoms with Crippen LogP contribution in [0.4, 0.5) is 5.69 Å². The fourth-order valence-corrected chi connectivity index (χ4v) is 5.78. The molecule has 1 atom stereocenters. The predicted octanol–water partition coefficient (Wildman–Crippen LogP) is 7.50. The van der Waals surface area contributed by atoms with Gasteiger partial charge in [-0.2, -0.15) is 0 Å². The normalized spacial score (nSPS) is 18.6. The summed E-state index contributed by atoms with van der Waals surface area (Å²) >= 11 is 7.30. The van der Waals surface area contributed by atoms with Crippen molar-refractivity contribution in [3.8, 4) is 22.6 Å². The van der Waals surface area contributed by atoms with Crippen molar-refractivity contribution in [2.75, 3.05) is 12.4 Å². The summed E-state index contributed by atoms with van der Waals surface area (Å²) in [6.45, 7) is 10.5. The Morgan fingerprint density at radius 2 is 2.00 bits per heavy atom. The highest BCUT2D eigenvalue weighted by Gasteiger charge is 2.36. The molecule has 0 aliphatic carbocycles. The average molecular weight is 505 g/mol. The molecular weight excluding hydrogens is 482 g/mol. The standard InChI is InChI=1S/C23H23Br2NO2/c1-6-7-17-19-13(8-9-16-18(19)12(2)11-23(3,4)26-16)20-21(27-5)14(24)10-15(25)22(20)28-17/h6,8-11,17,26H,1,7H2,2-5H3. The molecule has 146 valence electrons. The van der Waals surface area contributed by atoms with Crippen molar-refractivity contribution in [3.05, 3.63) is 57.0 Å². The number of methoxy groups -OCH3 is 1. The number of halogens is 2. The summed E-state index contributed by atoms with van der Waals surface area (Å²) in [5.41, 5.74) is 6.82. The van der Waals surface area contributed by atoms with Gasteiger partial charge in [-0.15, -0.1) is 6.58 Å². The maximum Gasteiger partial charge on any atom is 0.146 e. The Balaban J connectivity index is 2.07. The lowest BCUT2D eigenvalue weighted by atomic mass is 9.81. The second-order valence-corrected chi connectivity index (χ2v) is 9.54. The molecule has 1 unspecified atom stereocenters. The number of hydrogen-bond acceptors (Lipinski definition) is 3. The van der Waals surface area contributed by atoms with Crippen LogP contribution >= 0.6 is 31.9 Å². The molecule has 4 rings (SSSR count). The van der Waals surface area contributed by atoms with Crippen molar-refractivity contribution in [3.63, 3.8) is 0 Å². The van der Waals surface area contributed by atoms with E-state index in [4.69, 9.17) is 9.47 Å². The van der Waals surface area contributed by atoms with Gasteiger partial charge in [0, 0.05) is 23.2 Å². The van der Waals surface area contributed by atoms with Crippen LogP contribution in [0.3, 0.4) is 0 Å². The molecule has 2 aromatic rings. The average Bonchev–Trinajstić information content (AvgIpc) is 2.61. The summed E-state index contributed by atoms with van der Waals surface area (Å²) in [6, 6.07) is 6.32. The molecule has 0 radical (unpaired) electrons. The maximum atomic E-state index is 6.52. The molecule has 0 amide bonds. The van der Waals surface area contributed by atoms with E-state index in [0.717, 1.165) is 43.7 Å².